The summed E-state index contributed by atoms with van der Waals surface area (Å²) in [6, 6.07) is 0. The smallest absolute Gasteiger partial charge is 0.444 e. The summed E-state index contributed by atoms with van der Waals surface area (Å²) in [5.74, 6) is -0.280. The van der Waals surface area contributed by atoms with E-state index in [-0.39, 0.29) is 30.0 Å². The summed E-state index contributed by atoms with van der Waals surface area (Å²) in [7, 11) is -0.822. The van der Waals surface area contributed by atoms with Crippen LogP contribution in [0.3, 0.4) is 0 Å². The maximum atomic E-state index is 12.0. The third kappa shape index (κ3) is 6.82. The molecule has 3 fully saturated rings. The van der Waals surface area contributed by atoms with Crippen molar-refractivity contribution in [3.05, 3.63) is 0 Å². The highest BCUT2D eigenvalue weighted by Gasteiger charge is 2.49. The number of hydrogen-bond donors (Lipinski definition) is 2. The predicted octanol–water partition coefficient (Wildman–Crippen LogP) is 2.88. The predicted molar refractivity (Wildman–Crippen MR) is 112 cm³/mol. The molecule has 5 unspecified atom stereocenters. The first-order valence-electron chi connectivity index (χ1n) is 11.3. The Morgan fingerprint density at radius 1 is 1.30 bits per heavy atom. The van der Waals surface area contributed by atoms with Crippen LogP contribution in [0.4, 0.5) is 4.79 Å². The van der Waals surface area contributed by atoms with E-state index in [1.54, 1.807) is 0 Å². The number of nitrogens with one attached hydrogen (secondary N) is 1. The summed E-state index contributed by atoms with van der Waals surface area (Å²) in [6.07, 6.45) is 4.02. The van der Waals surface area contributed by atoms with Crippen LogP contribution < -0.4 is 5.32 Å². The number of fused-ring (bicyclic) bond motifs is 1. The van der Waals surface area contributed by atoms with Crippen LogP contribution in [0.25, 0.3) is 0 Å². The van der Waals surface area contributed by atoms with Gasteiger partial charge in [0.2, 0.25) is 0 Å². The monoisotopic (exact) mass is 427 g/mol. The summed E-state index contributed by atoms with van der Waals surface area (Å²) in [4.78, 5) is 12.0. The lowest BCUT2D eigenvalue weighted by molar-refractivity contribution is -0.140. The van der Waals surface area contributed by atoms with Crippen molar-refractivity contribution in [3.8, 4) is 0 Å². The number of amides is 1. The van der Waals surface area contributed by atoms with E-state index in [4.69, 9.17) is 23.6 Å². The minimum Gasteiger partial charge on any atom is -0.444 e. The normalized spacial score (nSPS) is 33.8. The fraction of sp³-hybridized carbons (Fsp3) is 0.952. The topological polar surface area (TPSA) is 95.5 Å². The molecule has 2 N–H and O–H groups in total. The first-order valence-corrected chi connectivity index (χ1v) is 11.3. The zero-order valence-electron chi connectivity index (χ0n) is 19.0. The Morgan fingerprint density at radius 2 is 2.07 bits per heavy atom. The van der Waals surface area contributed by atoms with E-state index in [2.05, 4.69) is 5.32 Å². The van der Waals surface area contributed by atoms with Crippen LogP contribution in [0.5, 0.6) is 0 Å². The number of ether oxygens (including phenoxy) is 4. The molecule has 8 nitrogen and oxygen atoms in total. The Hall–Kier alpha value is -0.865. The van der Waals surface area contributed by atoms with Crippen molar-refractivity contribution in [1.29, 1.82) is 0 Å². The zero-order valence-corrected chi connectivity index (χ0v) is 19.0. The van der Waals surface area contributed by atoms with Crippen LogP contribution >= 0.6 is 0 Å². The molecule has 0 spiro atoms. The first kappa shape index (κ1) is 23.8. The van der Waals surface area contributed by atoms with Gasteiger partial charge in [-0.1, -0.05) is 6.42 Å². The number of rotatable bonds is 6. The van der Waals surface area contributed by atoms with E-state index >= 15 is 0 Å². The van der Waals surface area contributed by atoms with Crippen molar-refractivity contribution in [2.75, 3.05) is 19.8 Å². The van der Waals surface area contributed by atoms with Gasteiger partial charge in [-0.05, 0) is 66.2 Å². The molecule has 5 atom stereocenters. The largest absolute Gasteiger partial charge is 0.458 e. The van der Waals surface area contributed by atoms with Gasteiger partial charge in [0.05, 0.1) is 24.9 Å². The summed E-state index contributed by atoms with van der Waals surface area (Å²) in [6.45, 7) is 10.9. The fourth-order valence-electron chi connectivity index (χ4n) is 4.68. The number of hydrogen-bond acceptors (Lipinski definition) is 7. The highest BCUT2D eigenvalue weighted by Crippen LogP contribution is 2.44. The maximum absolute atomic E-state index is 12.0. The van der Waals surface area contributed by atoms with Gasteiger partial charge in [-0.25, -0.2) is 4.79 Å². The van der Waals surface area contributed by atoms with Gasteiger partial charge in [0.1, 0.15) is 5.60 Å². The van der Waals surface area contributed by atoms with E-state index in [1.165, 1.54) is 0 Å². The highest BCUT2D eigenvalue weighted by molar-refractivity contribution is 6.45. The Morgan fingerprint density at radius 3 is 2.73 bits per heavy atom. The number of alkyl carbamates (subject to hydrolysis) is 1. The first-order chi connectivity index (χ1) is 14.0. The number of carbonyl (C=O) groups excluding carboxylic acids is 1. The van der Waals surface area contributed by atoms with Gasteiger partial charge in [0.25, 0.3) is 0 Å². The zero-order chi connectivity index (χ0) is 21.9. The second-order valence-electron chi connectivity index (χ2n) is 10.2. The molecule has 0 aromatic carbocycles. The SMILES string of the molecule is CC(C)(C)OC(=O)NCC1OB(O)C2CC(OCCC3COC(C)(C)O3)CCCC12. The van der Waals surface area contributed by atoms with Gasteiger partial charge in [0.15, 0.2) is 5.79 Å². The van der Waals surface area contributed by atoms with Crippen LogP contribution in [-0.2, 0) is 23.6 Å². The molecule has 9 heteroatoms. The van der Waals surface area contributed by atoms with Crippen molar-refractivity contribution in [1.82, 2.24) is 5.32 Å². The third-order valence-corrected chi connectivity index (χ3v) is 6.01. The van der Waals surface area contributed by atoms with Crippen LogP contribution in [-0.4, -0.2) is 67.7 Å². The molecule has 1 amide bonds. The van der Waals surface area contributed by atoms with Gasteiger partial charge in [0, 0.05) is 19.0 Å². The molecule has 0 bridgehead atoms. The molecule has 0 aromatic heterocycles. The molecular weight excluding hydrogens is 389 g/mol. The van der Waals surface area contributed by atoms with Crippen molar-refractivity contribution >= 4 is 13.2 Å². The molecule has 3 rings (SSSR count). The van der Waals surface area contributed by atoms with Crippen molar-refractivity contribution in [2.45, 2.75) is 102 Å². The van der Waals surface area contributed by atoms with Gasteiger partial charge in [-0.2, -0.15) is 0 Å². The molecule has 2 aliphatic heterocycles. The lowest BCUT2D eigenvalue weighted by atomic mass is 9.65. The molecule has 172 valence electrons. The lowest BCUT2D eigenvalue weighted by Crippen LogP contribution is -2.39. The standard InChI is InChI=1S/C21H38BNO7/c1-20(2,3)29-19(24)23-12-18-16-8-6-7-14(11-17(16)22(25)30-18)26-10-9-15-13-27-21(4,5)28-15/h14-18,25H,6-13H2,1-5H3,(H,23,24). The van der Waals surface area contributed by atoms with Crippen LogP contribution in [0, 0.1) is 5.92 Å². The average Bonchev–Trinajstić information content (AvgIpc) is 3.01. The van der Waals surface area contributed by atoms with Gasteiger partial charge in [-0.3, -0.25) is 0 Å². The van der Waals surface area contributed by atoms with Gasteiger partial charge >= 0.3 is 13.2 Å². The van der Waals surface area contributed by atoms with Crippen molar-refractivity contribution in [3.63, 3.8) is 0 Å². The minimum absolute atomic E-state index is 0.0212. The summed E-state index contributed by atoms with van der Waals surface area (Å²) < 4.78 is 28.7. The van der Waals surface area contributed by atoms with Gasteiger partial charge in [-0.15, -0.1) is 0 Å². The summed E-state index contributed by atoms with van der Waals surface area (Å²) in [5, 5.41) is 13.3. The minimum atomic E-state index is -0.822. The second-order valence-corrected chi connectivity index (χ2v) is 10.2. The highest BCUT2D eigenvalue weighted by atomic mass is 16.7. The molecule has 3 aliphatic rings. The van der Waals surface area contributed by atoms with Crippen molar-refractivity contribution < 1.29 is 33.4 Å². The Labute approximate surface area is 180 Å². The molecule has 30 heavy (non-hydrogen) atoms. The molecule has 2 saturated heterocycles. The Kier molecular flexibility index (Phi) is 7.72. The second kappa shape index (κ2) is 9.73. The summed E-state index contributed by atoms with van der Waals surface area (Å²) in [5.41, 5.74) is -0.541. The van der Waals surface area contributed by atoms with Crippen LogP contribution in [0.1, 0.15) is 66.7 Å². The lowest BCUT2D eigenvalue weighted by Gasteiger charge is -2.24. The van der Waals surface area contributed by atoms with E-state index in [0.29, 0.717) is 19.8 Å². The third-order valence-electron chi connectivity index (χ3n) is 6.01. The molecule has 0 aromatic rings. The van der Waals surface area contributed by atoms with Crippen LogP contribution in [0.15, 0.2) is 0 Å². The summed E-state index contributed by atoms with van der Waals surface area (Å²) >= 11 is 0. The van der Waals surface area contributed by atoms with E-state index in [1.807, 2.05) is 34.6 Å². The Bertz CT molecular complexity index is 582. The van der Waals surface area contributed by atoms with E-state index in [0.717, 1.165) is 32.1 Å². The van der Waals surface area contributed by atoms with E-state index in [9.17, 15) is 9.82 Å². The molecule has 1 saturated carbocycles. The molecule has 0 radical (unpaired) electrons. The molecular formula is C21H38BNO7. The maximum Gasteiger partial charge on any atom is 0.458 e. The average molecular weight is 427 g/mol. The number of carbonyl (C=O) groups is 1. The van der Waals surface area contributed by atoms with Gasteiger partial charge < -0.3 is 33.9 Å². The molecule has 2 heterocycles. The quantitative estimate of drug-likeness (QED) is 0.630. The Balaban J connectivity index is 1.43. The van der Waals surface area contributed by atoms with Crippen molar-refractivity contribution in [2.24, 2.45) is 5.92 Å². The molecule has 1 aliphatic carbocycles. The van der Waals surface area contributed by atoms with Crippen LogP contribution in [0.2, 0.25) is 5.82 Å². The van der Waals surface area contributed by atoms with E-state index < -0.39 is 24.6 Å². The fourth-order valence-corrected chi connectivity index (χ4v) is 4.68.